The Kier molecular flexibility index (Phi) is 5.81. The van der Waals surface area contributed by atoms with E-state index in [9.17, 15) is 14.4 Å². The van der Waals surface area contributed by atoms with Crippen molar-refractivity contribution >= 4 is 68.2 Å². The molecule has 3 aliphatic rings. The van der Waals surface area contributed by atoms with Crippen molar-refractivity contribution in [1.82, 2.24) is 0 Å². The smallest absolute Gasteiger partial charge is 0.180 e. The van der Waals surface area contributed by atoms with E-state index in [4.69, 9.17) is 23.2 Å². The molecule has 3 atom stereocenters. The molecule has 192 valence electrons. The van der Waals surface area contributed by atoms with Gasteiger partial charge in [0, 0.05) is 42.7 Å². The Balaban J connectivity index is 1.72. The highest BCUT2D eigenvalue weighted by Gasteiger charge is 2.72. The Morgan fingerprint density at radius 3 is 2.21 bits per heavy atom. The van der Waals surface area contributed by atoms with Crippen LogP contribution in [0.2, 0.25) is 10.0 Å². The largest absolute Gasteiger partial charge is 0.352 e. The summed E-state index contributed by atoms with van der Waals surface area (Å²) in [5, 5.41) is 0.759. The van der Waals surface area contributed by atoms with Gasteiger partial charge in [0.1, 0.15) is 5.41 Å². The molecule has 3 aromatic carbocycles. The molecule has 0 amide bonds. The number of rotatable bonds is 2. The lowest BCUT2D eigenvalue weighted by atomic mass is 9.63. The summed E-state index contributed by atoms with van der Waals surface area (Å²) in [6.45, 7) is 5.60. The van der Waals surface area contributed by atoms with E-state index in [0.717, 1.165) is 15.7 Å². The van der Waals surface area contributed by atoms with Gasteiger partial charge >= 0.3 is 0 Å². The van der Waals surface area contributed by atoms with Crippen LogP contribution in [0.5, 0.6) is 0 Å². The number of hydrogen-bond donors (Lipinski definition) is 0. The number of nitrogens with zero attached hydrogens (tertiary/aromatic N) is 1. The Morgan fingerprint density at radius 2 is 1.61 bits per heavy atom. The molecule has 1 aliphatic carbocycles. The molecule has 7 heteroatoms. The molecule has 2 aliphatic heterocycles. The molecule has 38 heavy (non-hydrogen) atoms. The second-order valence-corrected chi connectivity index (χ2v) is 12.9. The van der Waals surface area contributed by atoms with Crippen LogP contribution < -0.4 is 4.90 Å². The van der Waals surface area contributed by atoms with Crippen LogP contribution in [-0.2, 0) is 4.79 Å². The predicted molar refractivity (Wildman–Crippen MR) is 154 cm³/mol. The first-order valence-electron chi connectivity index (χ1n) is 12.4. The molecule has 0 radical (unpaired) electrons. The number of carbonyl (C=O) groups is 3. The molecule has 3 aromatic rings. The number of benzene rings is 3. The van der Waals surface area contributed by atoms with Gasteiger partial charge in [-0.3, -0.25) is 14.4 Å². The summed E-state index contributed by atoms with van der Waals surface area (Å²) in [5.74, 6) is -1.47. The number of hydrogen-bond acceptors (Lipinski definition) is 4. The summed E-state index contributed by atoms with van der Waals surface area (Å²) in [4.78, 5) is 45.5. The van der Waals surface area contributed by atoms with Crippen molar-refractivity contribution in [1.29, 1.82) is 0 Å². The van der Waals surface area contributed by atoms with E-state index in [1.54, 1.807) is 42.5 Å². The third-order valence-corrected chi connectivity index (χ3v) is 9.13. The number of carbonyl (C=O) groups excluding carboxylic acids is 3. The molecule has 1 spiro atoms. The van der Waals surface area contributed by atoms with Gasteiger partial charge in [-0.1, -0.05) is 102 Å². The molecule has 4 nitrogen and oxygen atoms in total. The van der Waals surface area contributed by atoms with Crippen LogP contribution in [0.4, 0.5) is 5.69 Å². The topological polar surface area (TPSA) is 54.5 Å². The lowest BCUT2D eigenvalue weighted by Gasteiger charge is -2.38. The first-order chi connectivity index (χ1) is 18.0. The maximum Gasteiger partial charge on any atom is 0.180 e. The third kappa shape index (κ3) is 3.38. The van der Waals surface area contributed by atoms with E-state index in [-0.39, 0.29) is 17.3 Å². The van der Waals surface area contributed by atoms with Gasteiger partial charge in [-0.25, -0.2) is 0 Å². The minimum Gasteiger partial charge on any atom is -0.352 e. The summed E-state index contributed by atoms with van der Waals surface area (Å²) in [6.07, 6.45) is 3.85. The molecular formula is C31H24BrCl2NO3. The molecule has 1 fully saturated rings. The van der Waals surface area contributed by atoms with Crippen molar-refractivity contribution in [2.45, 2.75) is 38.8 Å². The van der Waals surface area contributed by atoms with Gasteiger partial charge in [-0.15, -0.1) is 0 Å². The first-order valence-corrected chi connectivity index (χ1v) is 14.0. The molecule has 2 heterocycles. The molecule has 0 N–H and O–H groups in total. The Hall–Kier alpha value is -2.73. The molecule has 0 bridgehead atoms. The standard InChI is InChI=1S/C31H24BrCl2NO3/c1-30(2,3)29(38)26-25(21-11-10-18(33)15-22(21)34)31(27(36)19-6-4-5-7-20(19)28(31)37)24-13-8-16-14-17(32)9-12-23(16)35(24)26/h4-15,24-26H,1-3H3/t24-,25+,26-/m1/s1. The number of anilines is 1. The second-order valence-electron chi connectivity index (χ2n) is 11.2. The van der Waals surface area contributed by atoms with Crippen LogP contribution in [0.15, 0.2) is 71.2 Å². The highest BCUT2D eigenvalue weighted by Crippen LogP contribution is 2.62. The molecule has 0 saturated carbocycles. The third-order valence-electron chi connectivity index (χ3n) is 8.07. The van der Waals surface area contributed by atoms with Crippen LogP contribution in [0.1, 0.15) is 58.5 Å². The van der Waals surface area contributed by atoms with Crippen LogP contribution in [0.25, 0.3) is 6.08 Å². The van der Waals surface area contributed by atoms with Gasteiger partial charge < -0.3 is 4.90 Å². The Labute approximate surface area is 239 Å². The van der Waals surface area contributed by atoms with Crippen molar-refractivity contribution in [2.75, 3.05) is 4.90 Å². The number of fused-ring (bicyclic) bond motifs is 5. The van der Waals surface area contributed by atoms with Crippen LogP contribution in [-0.4, -0.2) is 29.4 Å². The lowest BCUT2D eigenvalue weighted by Crippen LogP contribution is -2.49. The highest BCUT2D eigenvalue weighted by molar-refractivity contribution is 9.10. The van der Waals surface area contributed by atoms with E-state index in [1.807, 2.05) is 56.0 Å². The fourth-order valence-electron chi connectivity index (χ4n) is 6.49. The van der Waals surface area contributed by atoms with Crippen LogP contribution in [0, 0.1) is 10.8 Å². The fourth-order valence-corrected chi connectivity index (χ4v) is 7.39. The average Bonchev–Trinajstić information content (AvgIpc) is 3.29. The normalized spacial score (nSPS) is 23.0. The summed E-state index contributed by atoms with van der Waals surface area (Å²) in [5.41, 5.74) is 0.690. The highest BCUT2D eigenvalue weighted by atomic mass is 79.9. The fraction of sp³-hybridized carbons (Fsp3) is 0.258. The summed E-state index contributed by atoms with van der Waals surface area (Å²) in [6, 6.07) is 16.3. The van der Waals surface area contributed by atoms with Crippen molar-refractivity contribution < 1.29 is 14.4 Å². The van der Waals surface area contributed by atoms with E-state index >= 15 is 0 Å². The number of halogens is 3. The van der Waals surface area contributed by atoms with Crippen molar-refractivity contribution in [3.8, 4) is 0 Å². The van der Waals surface area contributed by atoms with E-state index in [2.05, 4.69) is 15.9 Å². The molecular weight excluding hydrogens is 585 g/mol. The minimum atomic E-state index is -1.58. The van der Waals surface area contributed by atoms with Gasteiger partial charge in [0.15, 0.2) is 17.3 Å². The van der Waals surface area contributed by atoms with Crippen molar-refractivity contribution in [3.05, 3.63) is 104 Å². The Bertz CT molecular complexity index is 1550. The zero-order valence-electron chi connectivity index (χ0n) is 21.0. The zero-order chi connectivity index (χ0) is 27.1. The minimum absolute atomic E-state index is 0.0730. The molecule has 0 unspecified atom stereocenters. The molecule has 1 saturated heterocycles. The maximum atomic E-state index is 14.6. The summed E-state index contributed by atoms with van der Waals surface area (Å²) < 4.78 is 0.893. The van der Waals surface area contributed by atoms with E-state index in [1.165, 1.54) is 0 Å². The van der Waals surface area contributed by atoms with E-state index in [0.29, 0.717) is 26.7 Å². The van der Waals surface area contributed by atoms with Crippen molar-refractivity contribution in [3.63, 3.8) is 0 Å². The van der Waals surface area contributed by atoms with Gasteiger partial charge in [0.25, 0.3) is 0 Å². The SMILES string of the molecule is CC(C)(C)C(=O)[C@H]1[C@H](c2ccc(Cl)cc2Cl)C2(C(=O)c3ccccc3C2=O)[C@H]2C=Cc3cc(Br)ccc3N12. The zero-order valence-corrected chi connectivity index (χ0v) is 24.1. The number of ketones is 3. The van der Waals surface area contributed by atoms with Gasteiger partial charge in [0.2, 0.25) is 0 Å². The molecule has 6 rings (SSSR count). The summed E-state index contributed by atoms with van der Waals surface area (Å²) >= 11 is 16.6. The monoisotopic (exact) mass is 607 g/mol. The van der Waals surface area contributed by atoms with E-state index < -0.39 is 28.8 Å². The molecule has 0 aromatic heterocycles. The van der Waals surface area contributed by atoms with Gasteiger partial charge in [0.05, 0.1) is 12.1 Å². The van der Waals surface area contributed by atoms with Gasteiger partial charge in [-0.2, -0.15) is 0 Å². The first kappa shape index (κ1) is 25.5. The predicted octanol–water partition coefficient (Wildman–Crippen LogP) is 7.80. The van der Waals surface area contributed by atoms with Gasteiger partial charge in [-0.05, 0) is 41.5 Å². The lowest BCUT2D eigenvalue weighted by molar-refractivity contribution is -0.127. The number of Topliss-reactive ketones (excluding diaryl/α,β-unsaturated/α-hetero) is 3. The van der Waals surface area contributed by atoms with Crippen LogP contribution >= 0.6 is 39.1 Å². The van der Waals surface area contributed by atoms with Crippen LogP contribution in [0.3, 0.4) is 0 Å². The maximum absolute atomic E-state index is 14.6. The second kappa shape index (κ2) is 8.64. The summed E-state index contributed by atoms with van der Waals surface area (Å²) in [7, 11) is 0. The quantitative estimate of drug-likeness (QED) is 0.279. The van der Waals surface area contributed by atoms with Crippen molar-refractivity contribution in [2.24, 2.45) is 10.8 Å². The average molecular weight is 609 g/mol. The Morgan fingerprint density at radius 1 is 0.947 bits per heavy atom.